The van der Waals surface area contributed by atoms with Crippen molar-refractivity contribution in [2.45, 2.75) is 113 Å². The van der Waals surface area contributed by atoms with Crippen molar-refractivity contribution in [2.75, 3.05) is 26.9 Å². The summed E-state index contributed by atoms with van der Waals surface area (Å²) in [6, 6.07) is 9.66. The summed E-state index contributed by atoms with van der Waals surface area (Å²) < 4.78 is 98.4. The summed E-state index contributed by atoms with van der Waals surface area (Å²) in [5, 5.41) is 5.74. The second kappa shape index (κ2) is 17.8. The molecule has 0 bridgehead atoms. The molecule has 2 aromatic carbocycles. The van der Waals surface area contributed by atoms with Gasteiger partial charge in [0.2, 0.25) is 33.3 Å². The molecular weight excluding hydrogens is 888 g/mol. The predicted molar refractivity (Wildman–Crippen MR) is 233 cm³/mol. The molecule has 356 valence electrons. The lowest BCUT2D eigenvalue weighted by Gasteiger charge is -2.34. The number of alkyl halides is 3. The van der Waals surface area contributed by atoms with Crippen LogP contribution in [0, 0.1) is 17.8 Å². The summed E-state index contributed by atoms with van der Waals surface area (Å²) in [5.41, 5.74) is -3.42. The fraction of sp³-hybridized carbons (Fsp3) is 0.543. The van der Waals surface area contributed by atoms with Gasteiger partial charge in [0, 0.05) is 23.3 Å². The van der Waals surface area contributed by atoms with Crippen molar-refractivity contribution < 1.29 is 64.5 Å². The van der Waals surface area contributed by atoms with Gasteiger partial charge in [-0.25, -0.2) is 18.2 Å². The number of alkyl carbamates (subject to hydrolysis) is 1. The van der Waals surface area contributed by atoms with Crippen LogP contribution < -0.4 is 34.3 Å². The van der Waals surface area contributed by atoms with E-state index in [-0.39, 0.29) is 31.2 Å². The summed E-state index contributed by atoms with van der Waals surface area (Å²) in [6.45, 7) is 5.51. The normalized spacial score (nSPS) is 27.5. The molecule has 1 unspecified atom stereocenters. The maximum atomic E-state index is 15.0. The molecule has 0 spiro atoms. The van der Waals surface area contributed by atoms with E-state index >= 15 is 4.79 Å². The highest BCUT2D eigenvalue weighted by Crippen LogP contribution is 2.46. The maximum absolute atomic E-state index is 15.0. The van der Waals surface area contributed by atoms with Crippen LogP contribution in [-0.2, 0) is 29.1 Å². The van der Waals surface area contributed by atoms with Gasteiger partial charge in [0.15, 0.2) is 11.5 Å². The third-order valence-corrected chi connectivity index (χ3v) is 14.9. The number of amides is 4. The Kier molecular flexibility index (Phi) is 12.6. The van der Waals surface area contributed by atoms with Gasteiger partial charge in [0.25, 0.3) is 5.91 Å². The number of hydrogen-bond donors (Lipinski definition) is 3. The van der Waals surface area contributed by atoms with Crippen molar-refractivity contribution in [1.82, 2.24) is 25.2 Å². The zero-order valence-electron chi connectivity index (χ0n) is 37.2. The molecule has 3 N–H and O–H groups in total. The number of aromatic nitrogens is 1. The van der Waals surface area contributed by atoms with Crippen molar-refractivity contribution in [2.24, 2.45) is 17.8 Å². The fourth-order valence-electron chi connectivity index (χ4n) is 8.87. The SMILES string of the molecule is COc1ccc2c(OC3C[C@H]4C(=O)N[C@]5(C(=O)NS(=O)(=O)C6CC6)C[C@H]5/C=C\CC[C@H](C)C[C@@H](C)[C@H](NC(=O)OC(C)(C)C(F)(F)F)C(=O)N4C3)nc(-c3ccc4c(c3)OCCO4)cc2c1. The molecule has 1 aromatic heterocycles. The quantitative estimate of drug-likeness (QED) is 0.213. The largest absolute Gasteiger partial charge is 0.497 e. The van der Waals surface area contributed by atoms with Crippen LogP contribution in [0.15, 0.2) is 54.6 Å². The van der Waals surface area contributed by atoms with Crippen molar-refractivity contribution in [1.29, 1.82) is 0 Å². The van der Waals surface area contributed by atoms with Crippen molar-refractivity contribution >= 4 is 44.6 Å². The number of allylic oxidation sites excluding steroid dienone is 1. The number of carbonyl (C=O) groups is 4. The Morgan fingerprint density at radius 1 is 0.985 bits per heavy atom. The van der Waals surface area contributed by atoms with E-state index in [1.807, 2.05) is 25.1 Å². The molecule has 4 heterocycles. The Hall–Kier alpha value is -5.79. The lowest BCUT2D eigenvalue weighted by Crippen LogP contribution is -2.59. The monoisotopic (exact) mass is 941 g/mol. The molecule has 3 fully saturated rings. The standard InChI is InChI=1S/C46H54F3N5O11S/c1-25-8-6-7-9-29-23-45(29,42(57)53-66(59,60)32-12-13-32)52-39(55)35-22-31(24-54(35)41(56)38(26(2)18-25)51-43(58)65-44(3,4)46(47,48)49)64-40-33-14-11-30(61-5)19-28(33)20-34(50-40)27-10-15-36-37(21-27)63-17-16-62-36/h7,9-11,14-15,19-21,25-26,29,31-32,35,38H,6,8,12-13,16-18,22-24H2,1-5H3,(H,51,58)(H,52,55)(H,53,57)/b9-7-/t25-,26+,29+,31?,35-,38-,45+/m0/s1. The molecule has 2 saturated carbocycles. The molecule has 4 amide bonds. The molecule has 0 radical (unpaired) electrons. The zero-order valence-corrected chi connectivity index (χ0v) is 38.1. The second-order valence-electron chi connectivity index (χ2n) is 18.5. The van der Waals surface area contributed by atoms with Crippen LogP contribution in [0.25, 0.3) is 22.0 Å². The first kappa shape index (κ1) is 46.7. The number of nitrogens with one attached hydrogen (secondary N) is 3. The van der Waals surface area contributed by atoms with Gasteiger partial charge >= 0.3 is 12.3 Å². The number of benzene rings is 2. The molecule has 20 heteroatoms. The summed E-state index contributed by atoms with van der Waals surface area (Å²) >= 11 is 0. The summed E-state index contributed by atoms with van der Waals surface area (Å²) in [7, 11) is -2.48. The Morgan fingerprint density at radius 2 is 1.73 bits per heavy atom. The van der Waals surface area contributed by atoms with E-state index in [2.05, 4.69) is 15.4 Å². The predicted octanol–water partition coefficient (Wildman–Crippen LogP) is 5.96. The Labute approximate surface area is 380 Å². The van der Waals surface area contributed by atoms with E-state index in [9.17, 15) is 36.0 Å². The molecule has 5 aliphatic rings. The van der Waals surface area contributed by atoms with Crippen LogP contribution >= 0.6 is 0 Å². The lowest BCUT2D eigenvalue weighted by molar-refractivity contribution is -0.244. The van der Waals surface area contributed by atoms with E-state index in [1.165, 1.54) is 12.0 Å². The first-order valence-corrected chi connectivity index (χ1v) is 23.7. The number of rotatable bonds is 9. The number of carbonyl (C=O) groups excluding carboxylic acids is 4. The molecule has 66 heavy (non-hydrogen) atoms. The van der Waals surface area contributed by atoms with Gasteiger partial charge in [0.05, 0.1) is 24.6 Å². The summed E-state index contributed by atoms with van der Waals surface area (Å²) in [6.07, 6.45) is -1.52. The highest BCUT2D eigenvalue weighted by atomic mass is 32.2. The topological polar surface area (TPSA) is 201 Å². The number of ether oxygens (including phenoxy) is 5. The number of methoxy groups -OCH3 is 1. The van der Waals surface area contributed by atoms with E-state index in [0.717, 1.165) is 0 Å². The van der Waals surface area contributed by atoms with Crippen LogP contribution in [0.1, 0.15) is 72.6 Å². The zero-order chi connectivity index (χ0) is 47.3. The summed E-state index contributed by atoms with van der Waals surface area (Å²) in [5.74, 6) is -2.00. The first-order chi connectivity index (χ1) is 31.2. The van der Waals surface area contributed by atoms with E-state index in [0.29, 0.717) is 98.4 Å². The Bertz CT molecular complexity index is 2550. The number of fused-ring (bicyclic) bond motifs is 4. The van der Waals surface area contributed by atoms with Gasteiger partial charge in [0.1, 0.15) is 42.7 Å². The van der Waals surface area contributed by atoms with Gasteiger partial charge in [-0.1, -0.05) is 26.0 Å². The van der Waals surface area contributed by atoms with E-state index in [1.54, 1.807) is 43.3 Å². The van der Waals surface area contributed by atoms with Gasteiger partial charge < -0.3 is 39.2 Å². The second-order valence-corrected chi connectivity index (χ2v) is 20.5. The third kappa shape index (κ3) is 9.69. The fourth-order valence-corrected chi connectivity index (χ4v) is 10.2. The molecular formula is C46H54F3N5O11S. The van der Waals surface area contributed by atoms with E-state index in [4.69, 9.17) is 28.7 Å². The first-order valence-electron chi connectivity index (χ1n) is 22.1. The molecule has 7 atom stereocenters. The van der Waals surface area contributed by atoms with Gasteiger partial charge in [-0.15, -0.1) is 0 Å². The molecule has 16 nitrogen and oxygen atoms in total. The third-order valence-electron chi connectivity index (χ3n) is 13.0. The van der Waals surface area contributed by atoms with Gasteiger partial charge in [-0.05, 0) is 112 Å². The summed E-state index contributed by atoms with van der Waals surface area (Å²) in [4.78, 5) is 63.1. The number of hydrogen-bond acceptors (Lipinski definition) is 12. The van der Waals surface area contributed by atoms with Crippen LogP contribution in [0.2, 0.25) is 0 Å². The number of nitrogens with zero attached hydrogens (tertiary/aromatic N) is 2. The van der Waals surface area contributed by atoms with Crippen molar-refractivity contribution in [3.05, 3.63) is 54.6 Å². The minimum Gasteiger partial charge on any atom is -0.497 e. The minimum absolute atomic E-state index is 0.0601. The highest BCUT2D eigenvalue weighted by Gasteiger charge is 2.62. The number of sulfonamides is 1. The van der Waals surface area contributed by atoms with Crippen LogP contribution in [0.3, 0.4) is 0 Å². The van der Waals surface area contributed by atoms with Crippen molar-refractivity contribution in [3.8, 4) is 34.4 Å². The molecule has 8 rings (SSSR count). The molecule has 1 saturated heterocycles. The molecule has 3 aliphatic heterocycles. The smallest absolute Gasteiger partial charge is 0.427 e. The Balaban J connectivity index is 1.16. The van der Waals surface area contributed by atoms with Crippen LogP contribution in [0.5, 0.6) is 23.1 Å². The highest BCUT2D eigenvalue weighted by molar-refractivity contribution is 7.91. The Morgan fingerprint density at radius 3 is 2.44 bits per heavy atom. The van der Waals surface area contributed by atoms with Crippen LogP contribution in [-0.4, -0.2) is 110 Å². The number of halogens is 3. The minimum atomic E-state index is -4.93. The average molecular weight is 942 g/mol. The van der Waals surface area contributed by atoms with E-state index < -0.39 is 86.4 Å². The van der Waals surface area contributed by atoms with Crippen molar-refractivity contribution in [3.63, 3.8) is 0 Å². The van der Waals surface area contributed by atoms with Crippen LogP contribution in [0.4, 0.5) is 18.0 Å². The maximum Gasteiger partial charge on any atom is 0.427 e. The molecule has 2 aliphatic carbocycles. The number of pyridine rings is 1. The average Bonchev–Trinajstić information content (AvgIpc) is 4.19. The van der Waals surface area contributed by atoms with Gasteiger partial charge in [-0.3, -0.25) is 19.1 Å². The lowest BCUT2D eigenvalue weighted by atomic mass is 9.88. The molecule has 3 aromatic rings. The van der Waals surface area contributed by atoms with Gasteiger partial charge in [-0.2, -0.15) is 13.2 Å².